The third-order valence-electron chi connectivity index (χ3n) is 23.7. The topological polar surface area (TPSA) is 385 Å². The lowest BCUT2D eigenvalue weighted by Crippen LogP contribution is -2.34. The molecule has 9 aromatic carbocycles. The maximum atomic E-state index is 13.4. The van der Waals surface area contributed by atoms with E-state index in [1.165, 1.54) is 196 Å². The molecule has 2 fully saturated rings. The molecule has 0 spiro atoms. The zero-order valence-electron chi connectivity index (χ0n) is 76.5. The average Bonchev–Trinajstić information content (AvgIpc) is 1.70. The van der Waals surface area contributed by atoms with Crippen LogP contribution < -0.4 is 0 Å². The Balaban J connectivity index is 0.000000117. The molecule has 16 aromatic rings. The average molecular weight is 2160 g/mol. The van der Waals surface area contributed by atoms with E-state index in [1.807, 2.05) is 164 Å². The Hall–Kier alpha value is -13.4. The van der Waals surface area contributed by atoms with Crippen molar-refractivity contribution < 1.29 is 95.3 Å². The van der Waals surface area contributed by atoms with Crippen LogP contribution in [-0.2, 0) is 88.8 Å². The highest BCUT2D eigenvalue weighted by Crippen LogP contribution is 2.48. The van der Waals surface area contributed by atoms with Crippen molar-refractivity contribution in [2.75, 3.05) is 6.26 Å². The molecule has 0 unspecified atom stereocenters. The van der Waals surface area contributed by atoms with Gasteiger partial charge < -0.3 is 35.7 Å². The fourth-order valence-electron chi connectivity index (χ4n) is 16.0. The van der Waals surface area contributed by atoms with E-state index in [2.05, 4.69) is 45.8 Å². The quantitative estimate of drug-likeness (QED) is 0.0494. The van der Waals surface area contributed by atoms with Crippen LogP contribution in [-0.4, -0.2) is 126 Å². The molecule has 7 heterocycles. The molecule has 0 bridgehead atoms. The number of hydrogen-bond donors (Lipinski definition) is 7. The van der Waals surface area contributed by atoms with E-state index in [-0.39, 0.29) is 74.6 Å². The second-order valence-electron chi connectivity index (χ2n) is 34.7. The van der Waals surface area contributed by atoms with Crippen LogP contribution in [0.1, 0.15) is 104 Å². The van der Waals surface area contributed by atoms with Gasteiger partial charge in [0.05, 0.1) is 82.0 Å². The summed E-state index contributed by atoms with van der Waals surface area (Å²) in [6, 6.07) is 61.0. The van der Waals surface area contributed by atoms with Gasteiger partial charge in [0.1, 0.15) is 57.9 Å². The molecule has 2 saturated carbocycles. The lowest BCUT2D eigenvalue weighted by molar-refractivity contribution is -0.137. The Morgan fingerprint density at radius 1 is 0.352 bits per heavy atom. The number of allylic oxidation sites excluding steroid dienone is 10. The Bertz CT molecular complexity index is 8040. The molecule has 0 saturated heterocycles. The lowest BCUT2D eigenvalue weighted by atomic mass is 9.77. The van der Waals surface area contributed by atoms with Crippen LogP contribution in [0, 0.1) is 5.82 Å². The molecule has 23 rings (SSSR count). The molecule has 7 aromatic heterocycles. The maximum Gasteiger partial charge on any atom is 0.416 e. The summed E-state index contributed by atoms with van der Waals surface area (Å²) in [6.45, 7) is 3.44. The van der Waals surface area contributed by atoms with Crippen molar-refractivity contribution in [2.24, 2.45) is 0 Å². The third kappa shape index (κ3) is 23.8. The Morgan fingerprint density at radius 3 is 1.08 bits per heavy atom. The lowest BCUT2D eigenvalue weighted by Gasteiger charge is -2.32. The van der Waals surface area contributed by atoms with Crippen LogP contribution in [0.15, 0.2) is 347 Å². The summed E-state index contributed by atoms with van der Waals surface area (Å²) in [5.74, 6) is -0.910. The van der Waals surface area contributed by atoms with Gasteiger partial charge in [-0.1, -0.05) is 113 Å². The van der Waals surface area contributed by atoms with Gasteiger partial charge in [-0.25, -0.2) is 47.7 Å². The van der Waals surface area contributed by atoms with Gasteiger partial charge in [-0.3, -0.25) is 33.6 Å². The molecule has 732 valence electrons. The SMILES string of the molecule is CC1=CC(O)(c2nc3ccccc3s2)C=C(C)C1=O.CS(=O)(=O)c1ccc2nc(C3(O)C=CC(=O)C=C3)sc2c1.O=C1/C(=C\c2ccccc2)CC(O)(c2nc3ccccc3s2)C/C1=C/c1ccccc1.O=C1C=CC(O)(c2nc3cc(C(F)(F)F)ccc3s2)C=C1.O=C1C=CC(O)(c2nc3cc(F)ccc3s2)C=C1.O=C1C=CC(O)(c2nc3ccc(Br)cc3s2)C=C1.O=C1CCC(O)(c2nc3ccccc3s2)CC1. The molecule has 0 atom stereocenters. The van der Waals surface area contributed by atoms with E-state index in [0.717, 1.165) is 95.9 Å². The van der Waals surface area contributed by atoms with Gasteiger partial charge in [0.15, 0.2) is 72.5 Å². The zero-order valence-corrected chi connectivity index (χ0v) is 84.6. The predicted octanol–water partition coefficient (Wildman–Crippen LogP) is 21.6. The summed E-state index contributed by atoms with van der Waals surface area (Å²) in [5.41, 5.74) is -0.845. The number of thiazole rings is 7. The van der Waals surface area contributed by atoms with Crippen LogP contribution in [0.3, 0.4) is 0 Å². The number of halogens is 5. The number of carbonyl (C=O) groups excluding carboxylic acids is 7. The van der Waals surface area contributed by atoms with Crippen LogP contribution in [0.25, 0.3) is 83.7 Å². The van der Waals surface area contributed by atoms with Crippen molar-refractivity contribution >= 4 is 229 Å². The number of sulfone groups is 1. The van der Waals surface area contributed by atoms with E-state index >= 15 is 0 Å². The largest absolute Gasteiger partial charge is 0.416 e. The molecular weight excluding hydrogens is 2080 g/mol. The normalized spacial score (nSPS) is 18.8. The fraction of sp³-hybridized carbons (Fsp3) is 0.156. The van der Waals surface area contributed by atoms with Crippen molar-refractivity contribution in [3.8, 4) is 0 Å². The standard InChI is InChI=1S/C27H21NO2S.C15H13NO2S.C14H8F3NO2S.C14H11NO4S2.C13H8BrNO2S.C13H8FNO2S.C13H13NO2S/c29-25-21(15-19-9-3-1-4-10-19)17-27(30,18-22(25)16-20-11-5-2-6-12-20)26-28-23-13-7-8-14-24(23)31-26;1-9-7-15(18,8-10(2)13(9)17)14-16-11-5-3-4-6-12(11)19-14;15-14(16,17)8-1-2-11-10(7-8)18-12(21-11)13(20)5-3-9(19)4-6-13;1-21(18,19)10-2-3-11-12(8-10)20-13(15-11)14(17)6-4-9(16)5-7-14;14-8-1-2-10-11(7-8)18-12(15-10)13(17)5-3-9(16)4-6-13;14-8-1-2-11-10(7-8)15-12(18-11)13(17)5-3-9(16)4-6-13;15-9-5-7-13(16,8-6-9)12-14-10-3-1-2-4-11(10)17-12/h1-16,30H,17-18H2;3-8,18H,1-2H3;1-7,20H;2-8,17H,1H3;2*1-7,17H;1-4,16H,5-8H2/b21-15-,22-16-;;;;;;. The van der Waals surface area contributed by atoms with Gasteiger partial charge >= 0.3 is 6.18 Å². The van der Waals surface area contributed by atoms with E-state index < -0.39 is 60.8 Å². The van der Waals surface area contributed by atoms with Crippen LogP contribution >= 0.6 is 95.3 Å². The number of para-hydroxylation sites is 3. The van der Waals surface area contributed by atoms with Crippen molar-refractivity contribution in [3.63, 3.8) is 0 Å². The molecule has 0 aliphatic heterocycles. The molecular formula is C109H82BrF4N7O16S8. The first-order valence-electron chi connectivity index (χ1n) is 44.6. The molecule has 7 aliphatic rings. The highest BCUT2D eigenvalue weighted by molar-refractivity contribution is 9.10. The van der Waals surface area contributed by atoms with Gasteiger partial charge in [0.25, 0.3) is 0 Å². The number of hydrogen-bond acceptors (Lipinski definition) is 30. The van der Waals surface area contributed by atoms with E-state index in [0.29, 0.717) is 93.4 Å². The van der Waals surface area contributed by atoms with Gasteiger partial charge in [0, 0.05) is 53.6 Å². The van der Waals surface area contributed by atoms with Crippen LogP contribution in [0.4, 0.5) is 17.6 Å². The molecule has 0 radical (unpaired) electrons. The Morgan fingerprint density at radius 2 is 0.676 bits per heavy atom. The van der Waals surface area contributed by atoms with E-state index in [4.69, 9.17) is 4.98 Å². The number of aliphatic hydroxyl groups is 7. The minimum atomic E-state index is -4.44. The first-order chi connectivity index (χ1) is 69.0. The Kier molecular flexibility index (Phi) is 29.9. The number of aromatic nitrogens is 7. The number of Topliss-reactive ketones (excluding diaryl/α,β-unsaturated/α-hetero) is 3. The van der Waals surface area contributed by atoms with Gasteiger partial charge in [-0.15, -0.1) is 79.4 Å². The smallest absolute Gasteiger partial charge is 0.383 e. The molecule has 0 amide bonds. The van der Waals surface area contributed by atoms with Gasteiger partial charge in [-0.2, -0.15) is 13.2 Å². The second-order valence-corrected chi connectivity index (χ2v) is 44.8. The number of fused-ring (bicyclic) bond motifs is 7. The molecule has 145 heavy (non-hydrogen) atoms. The number of benzene rings is 9. The summed E-state index contributed by atoms with van der Waals surface area (Å²) in [7, 11) is -3.29. The van der Waals surface area contributed by atoms with Crippen LogP contribution in [0.2, 0.25) is 0 Å². The third-order valence-corrected chi connectivity index (χ3v) is 33.6. The highest BCUT2D eigenvalue weighted by atomic mass is 79.9. The van der Waals surface area contributed by atoms with Gasteiger partial charge in [0.2, 0.25) is 0 Å². The number of alkyl halides is 3. The van der Waals surface area contributed by atoms with Crippen LogP contribution in [0.5, 0.6) is 0 Å². The minimum Gasteiger partial charge on any atom is -0.383 e. The first-order valence-corrected chi connectivity index (χ1v) is 53.0. The van der Waals surface area contributed by atoms with Crippen molar-refractivity contribution in [1.82, 2.24) is 34.9 Å². The fourth-order valence-corrected chi connectivity index (χ4v) is 24.5. The summed E-state index contributed by atoms with van der Waals surface area (Å²) >= 11 is 12.8. The van der Waals surface area contributed by atoms with Crippen molar-refractivity contribution in [3.05, 3.63) is 400 Å². The number of rotatable bonds is 10. The van der Waals surface area contributed by atoms with Gasteiger partial charge in [-0.05, 0) is 274 Å². The number of ketones is 7. The molecule has 23 nitrogen and oxygen atoms in total. The predicted molar refractivity (Wildman–Crippen MR) is 563 cm³/mol. The highest BCUT2D eigenvalue weighted by Gasteiger charge is 2.44. The van der Waals surface area contributed by atoms with Crippen molar-refractivity contribution in [1.29, 1.82) is 0 Å². The van der Waals surface area contributed by atoms with E-state index in [9.17, 15) is 95.3 Å². The monoisotopic (exact) mass is 2160 g/mol. The summed E-state index contributed by atoms with van der Waals surface area (Å²) in [4.78, 5) is 112. The Labute approximate surface area is 861 Å². The molecule has 7 aliphatic carbocycles. The summed E-state index contributed by atoms with van der Waals surface area (Å²) in [5, 5.41) is 78.4. The van der Waals surface area contributed by atoms with Crippen molar-refractivity contribution in [2.45, 2.75) is 103 Å². The zero-order chi connectivity index (χ0) is 103. The molecule has 36 heteroatoms. The number of carbonyl (C=O) groups is 7. The second kappa shape index (κ2) is 42.0. The van der Waals surface area contributed by atoms with E-state index in [1.54, 1.807) is 38.1 Å². The minimum absolute atomic E-state index is 0.0153. The summed E-state index contributed by atoms with van der Waals surface area (Å²) in [6.07, 6.45) is 27.4. The molecule has 7 N–H and O–H groups in total. The first kappa shape index (κ1) is 103. The summed E-state index contributed by atoms with van der Waals surface area (Å²) < 4.78 is 81.3. The maximum absolute atomic E-state index is 13.4. The number of nitrogens with zero attached hydrogens (tertiary/aromatic N) is 7.